The van der Waals surface area contributed by atoms with Crippen molar-refractivity contribution < 1.29 is 0 Å². The monoisotopic (exact) mass is 305 g/mol. The van der Waals surface area contributed by atoms with E-state index < -0.39 is 0 Å². The first-order chi connectivity index (χ1) is 10.8. The number of rotatable bonds is 13. The van der Waals surface area contributed by atoms with Crippen LogP contribution in [-0.2, 0) is 0 Å². The number of nitrogens with zero attached hydrogens (tertiary/aromatic N) is 1. The fourth-order valence-electron chi connectivity index (χ4n) is 3.13. The predicted octanol–water partition coefficient (Wildman–Crippen LogP) is 6.11. The molecule has 0 aliphatic carbocycles. The van der Waals surface area contributed by atoms with Crippen LogP contribution in [0.5, 0.6) is 0 Å². The lowest BCUT2D eigenvalue weighted by Gasteiger charge is -2.20. The molecule has 0 fully saturated rings. The predicted molar refractivity (Wildman–Crippen MR) is 96.5 cm³/mol. The Bertz CT molecular complexity index is 410. The lowest BCUT2D eigenvalue weighted by Crippen LogP contribution is -2.23. The molecule has 0 spiro atoms. The number of pyridine rings is 1. The minimum Gasteiger partial charge on any atom is -0.312 e. The van der Waals surface area contributed by atoms with E-state index in [4.69, 9.17) is 0 Å². The summed E-state index contributed by atoms with van der Waals surface area (Å²) < 4.78 is 1.97. The van der Waals surface area contributed by atoms with E-state index in [1.807, 2.05) is 22.9 Å². The van der Waals surface area contributed by atoms with Crippen LogP contribution >= 0.6 is 0 Å². The van der Waals surface area contributed by atoms with Gasteiger partial charge in [-0.2, -0.15) is 0 Å². The highest BCUT2D eigenvalue weighted by Gasteiger charge is 2.11. The summed E-state index contributed by atoms with van der Waals surface area (Å²) in [5.74, 6) is 0. The second-order valence-electron chi connectivity index (χ2n) is 6.51. The van der Waals surface area contributed by atoms with Crippen LogP contribution in [0.3, 0.4) is 0 Å². The highest BCUT2D eigenvalue weighted by Crippen LogP contribution is 2.22. The molecule has 1 aromatic rings. The first-order valence-electron chi connectivity index (χ1n) is 9.46. The van der Waals surface area contributed by atoms with Crippen LogP contribution in [0.4, 0.5) is 0 Å². The highest BCUT2D eigenvalue weighted by atomic mass is 16.1. The Labute approximate surface area is 136 Å². The lowest BCUT2D eigenvalue weighted by molar-refractivity contribution is 0.387. The molecule has 2 heteroatoms. The van der Waals surface area contributed by atoms with E-state index in [0.717, 1.165) is 12.8 Å². The summed E-state index contributed by atoms with van der Waals surface area (Å²) in [4.78, 5) is 12.1. The second kappa shape index (κ2) is 12.5. The van der Waals surface area contributed by atoms with Crippen LogP contribution in [0.15, 0.2) is 29.2 Å². The average molecular weight is 306 g/mol. The second-order valence-corrected chi connectivity index (χ2v) is 6.51. The topological polar surface area (TPSA) is 22.0 Å². The summed E-state index contributed by atoms with van der Waals surface area (Å²) in [6.07, 6.45) is 17.3. The Morgan fingerprint density at radius 1 is 0.818 bits per heavy atom. The van der Waals surface area contributed by atoms with E-state index in [0.29, 0.717) is 6.04 Å². The Kier molecular flexibility index (Phi) is 10.8. The molecule has 0 saturated carbocycles. The van der Waals surface area contributed by atoms with Crippen LogP contribution in [0.1, 0.15) is 96.9 Å². The van der Waals surface area contributed by atoms with Crippen LogP contribution in [0.2, 0.25) is 0 Å². The molecule has 0 radical (unpaired) electrons. The Balaban J connectivity index is 2.46. The van der Waals surface area contributed by atoms with Crippen molar-refractivity contribution in [3.8, 4) is 0 Å². The number of hydrogen-bond acceptors (Lipinski definition) is 1. The molecule has 0 aliphatic rings. The number of aromatic nitrogens is 1. The molecule has 126 valence electrons. The molecule has 1 heterocycles. The Hall–Kier alpha value is -1.05. The van der Waals surface area contributed by atoms with E-state index in [2.05, 4.69) is 13.8 Å². The molecule has 2 nitrogen and oxygen atoms in total. The van der Waals surface area contributed by atoms with Gasteiger partial charge in [0.1, 0.15) is 0 Å². The van der Waals surface area contributed by atoms with Gasteiger partial charge in [-0.15, -0.1) is 0 Å². The minimum absolute atomic E-state index is 0.162. The van der Waals surface area contributed by atoms with Crippen molar-refractivity contribution in [2.75, 3.05) is 0 Å². The van der Waals surface area contributed by atoms with Crippen molar-refractivity contribution in [2.45, 2.75) is 96.9 Å². The van der Waals surface area contributed by atoms with Crippen LogP contribution in [-0.4, -0.2) is 4.57 Å². The third-order valence-electron chi connectivity index (χ3n) is 4.53. The molecular formula is C20H35NO. The van der Waals surface area contributed by atoms with Crippen molar-refractivity contribution in [2.24, 2.45) is 0 Å². The van der Waals surface area contributed by atoms with Gasteiger partial charge in [0.15, 0.2) is 0 Å². The molecule has 0 bridgehead atoms. The third-order valence-corrected chi connectivity index (χ3v) is 4.53. The van der Waals surface area contributed by atoms with Crippen LogP contribution in [0, 0.1) is 0 Å². The van der Waals surface area contributed by atoms with Crippen molar-refractivity contribution >= 4 is 0 Å². The summed E-state index contributed by atoms with van der Waals surface area (Å²) in [5, 5.41) is 0. The van der Waals surface area contributed by atoms with E-state index in [1.54, 1.807) is 6.07 Å². The zero-order valence-corrected chi connectivity index (χ0v) is 14.7. The first kappa shape index (κ1) is 19.0. The molecule has 0 unspecified atom stereocenters. The van der Waals surface area contributed by atoms with Crippen molar-refractivity contribution in [3.63, 3.8) is 0 Å². The van der Waals surface area contributed by atoms with Gasteiger partial charge in [-0.1, -0.05) is 84.1 Å². The summed E-state index contributed by atoms with van der Waals surface area (Å²) >= 11 is 0. The molecule has 0 N–H and O–H groups in total. The zero-order valence-electron chi connectivity index (χ0n) is 14.7. The van der Waals surface area contributed by atoms with Crippen LogP contribution < -0.4 is 5.56 Å². The van der Waals surface area contributed by atoms with Crippen molar-refractivity contribution in [1.29, 1.82) is 0 Å². The minimum atomic E-state index is 0.162. The van der Waals surface area contributed by atoms with Gasteiger partial charge in [0.05, 0.1) is 0 Å². The maximum absolute atomic E-state index is 12.1. The van der Waals surface area contributed by atoms with Gasteiger partial charge in [-0.25, -0.2) is 0 Å². The molecule has 1 aromatic heterocycles. The smallest absolute Gasteiger partial charge is 0.250 e. The molecule has 0 aliphatic heterocycles. The van der Waals surface area contributed by atoms with E-state index in [-0.39, 0.29) is 5.56 Å². The van der Waals surface area contributed by atoms with Gasteiger partial charge in [-0.05, 0) is 18.9 Å². The summed E-state index contributed by atoms with van der Waals surface area (Å²) in [7, 11) is 0. The number of unbranched alkanes of at least 4 members (excludes halogenated alkanes) is 8. The zero-order chi connectivity index (χ0) is 16.0. The molecule has 0 aromatic carbocycles. The normalized spacial score (nSPS) is 11.2. The fourth-order valence-corrected chi connectivity index (χ4v) is 3.13. The van der Waals surface area contributed by atoms with Gasteiger partial charge in [-0.3, -0.25) is 4.79 Å². The summed E-state index contributed by atoms with van der Waals surface area (Å²) in [6.45, 7) is 4.51. The van der Waals surface area contributed by atoms with E-state index in [1.165, 1.54) is 64.2 Å². The van der Waals surface area contributed by atoms with Gasteiger partial charge in [0.2, 0.25) is 0 Å². The van der Waals surface area contributed by atoms with Gasteiger partial charge < -0.3 is 4.57 Å². The van der Waals surface area contributed by atoms with E-state index in [9.17, 15) is 4.79 Å². The quantitative estimate of drug-likeness (QED) is 0.403. The van der Waals surface area contributed by atoms with Gasteiger partial charge in [0, 0.05) is 18.3 Å². The maximum atomic E-state index is 12.1. The third kappa shape index (κ3) is 7.82. The Morgan fingerprint density at radius 3 is 1.86 bits per heavy atom. The van der Waals surface area contributed by atoms with Crippen molar-refractivity contribution in [1.82, 2.24) is 4.57 Å². The SMILES string of the molecule is CCCCCCCC(CCCCCCC)n1ccccc1=O. The maximum Gasteiger partial charge on any atom is 0.250 e. The molecule has 0 atom stereocenters. The van der Waals surface area contributed by atoms with Crippen molar-refractivity contribution in [3.05, 3.63) is 34.7 Å². The van der Waals surface area contributed by atoms with Gasteiger partial charge >= 0.3 is 0 Å². The van der Waals surface area contributed by atoms with Crippen LogP contribution in [0.25, 0.3) is 0 Å². The summed E-state index contributed by atoms with van der Waals surface area (Å²) in [6, 6.07) is 5.93. The number of hydrogen-bond donors (Lipinski definition) is 0. The van der Waals surface area contributed by atoms with E-state index >= 15 is 0 Å². The molecule has 0 saturated heterocycles. The largest absolute Gasteiger partial charge is 0.312 e. The summed E-state index contributed by atoms with van der Waals surface area (Å²) in [5.41, 5.74) is 0.162. The lowest BCUT2D eigenvalue weighted by atomic mass is 10.00. The highest BCUT2D eigenvalue weighted by molar-refractivity contribution is 4.95. The van der Waals surface area contributed by atoms with Gasteiger partial charge in [0.25, 0.3) is 5.56 Å². The average Bonchev–Trinajstić information content (AvgIpc) is 2.53. The first-order valence-corrected chi connectivity index (χ1v) is 9.46. The molecule has 22 heavy (non-hydrogen) atoms. The molecular weight excluding hydrogens is 270 g/mol. The Morgan fingerprint density at radius 2 is 1.36 bits per heavy atom. The molecule has 0 amide bonds. The fraction of sp³-hybridized carbons (Fsp3) is 0.750. The molecule has 1 rings (SSSR count). The standard InChI is InChI=1S/C20H35NO/c1-3-5-7-9-11-15-19(16-12-10-8-6-4-2)21-18-14-13-17-20(21)22/h13-14,17-19H,3-12,15-16H2,1-2H3.